The van der Waals surface area contributed by atoms with Crippen LogP contribution in [0.25, 0.3) is 0 Å². The minimum atomic E-state index is -0.332. The van der Waals surface area contributed by atoms with Gasteiger partial charge in [-0.25, -0.2) is 5.43 Å². The molecule has 1 N–H and O–H groups in total. The molecular weight excluding hydrogens is 500 g/mol. The topological polar surface area (TPSA) is 59.9 Å². The van der Waals surface area contributed by atoms with Crippen LogP contribution in [0, 0.1) is 0 Å². The smallest absolute Gasteiger partial charge is 0.271 e. The Hall–Kier alpha value is -2.64. The zero-order valence-electron chi connectivity index (χ0n) is 15.6. The molecule has 5 nitrogen and oxygen atoms in total. The molecule has 7 heteroatoms. The van der Waals surface area contributed by atoms with E-state index in [1.54, 1.807) is 37.6 Å². The standard InChI is InChI=1S/C22H18Br2N2O3/c1-28-19-9-5-8-16(11-19)22(27)26-25-13-17-10-18(23)12-20(24)21(17)29-14-15-6-3-2-4-7-15/h2-13H,14H2,1H3,(H,26,27)/b25-13-. The second kappa shape index (κ2) is 10.2. The average molecular weight is 518 g/mol. The van der Waals surface area contributed by atoms with Gasteiger partial charge in [-0.2, -0.15) is 5.10 Å². The SMILES string of the molecule is COc1cccc(C(=O)N/N=C\c2cc(Br)cc(Br)c2OCc2ccccc2)c1. The number of benzene rings is 3. The van der Waals surface area contributed by atoms with Crippen LogP contribution in [0.4, 0.5) is 0 Å². The summed E-state index contributed by atoms with van der Waals surface area (Å²) in [6.45, 7) is 0.415. The molecule has 0 bridgehead atoms. The van der Waals surface area contributed by atoms with E-state index < -0.39 is 0 Å². The van der Waals surface area contributed by atoms with Crippen molar-refractivity contribution in [2.45, 2.75) is 6.61 Å². The average Bonchev–Trinajstić information content (AvgIpc) is 2.73. The van der Waals surface area contributed by atoms with E-state index in [1.165, 1.54) is 0 Å². The number of hydrogen-bond donors (Lipinski definition) is 1. The lowest BCUT2D eigenvalue weighted by Crippen LogP contribution is -2.17. The molecule has 1 amide bonds. The molecule has 0 saturated carbocycles. The molecule has 0 aromatic heterocycles. The molecule has 0 heterocycles. The number of nitrogens with zero attached hydrogens (tertiary/aromatic N) is 1. The quantitative estimate of drug-likeness (QED) is 0.329. The lowest BCUT2D eigenvalue weighted by molar-refractivity contribution is 0.0954. The molecule has 0 saturated heterocycles. The zero-order chi connectivity index (χ0) is 20.6. The molecule has 0 spiro atoms. The molecule has 148 valence electrons. The van der Waals surface area contributed by atoms with Crippen LogP contribution in [0.2, 0.25) is 0 Å². The maximum Gasteiger partial charge on any atom is 0.271 e. The third-order valence-electron chi connectivity index (χ3n) is 3.96. The molecule has 3 aromatic carbocycles. The van der Waals surface area contributed by atoms with Crippen LogP contribution >= 0.6 is 31.9 Å². The van der Waals surface area contributed by atoms with E-state index in [9.17, 15) is 4.79 Å². The Morgan fingerprint density at radius 2 is 1.86 bits per heavy atom. The summed E-state index contributed by atoms with van der Waals surface area (Å²) in [5.74, 6) is 0.909. The Morgan fingerprint density at radius 3 is 2.62 bits per heavy atom. The number of carbonyl (C=O) groups excluding carboxylic acids is 1. The van der Waals surface area contributed by atoms with Crippen LogP contribution in [0.3, 0.4) is 0 Å². The fraction of sp³-hybridized carbons (Fsp3) is 0.0909. The maximum absolute atomic E-state index is 12.3. The van der Waals surface area contributed by atoms with Crippen molar-refractivity contribution in [2.24, 2.45) is 5.10 Å². The van der Waals surface area contributed by atoms with Gasteiger partial charge in [-0.05, 0) is 51.8 Å². The summed E-state index contributed by atoms with van der Waals surface area (Å²) in [5, 5.41) is 4.08. The van der Waals surface area contributed by atoms with Crippen molar-refractivity contribution in [3.05, 3.63) is 92.4 Å². The van der Waals surface area contributed by atoms with Gasteiger partial charge in [0.15, 0.2) is 0 Å². The second-order valence-corrected chi connectivity index (χ2v) is 7.78. The number of hydrazone groups is 1. The van der Waals surface area contributed by atoms with E-state index in [0.29, 0.717) is 29.2 Å². The highest BCUT2D eigenvalue weighted by molar-refractivity contribution is 9.11. The molecular formula is C22H18Br2N2O3. The fourth-order valence-corrected chi connectivity index (χ4v) is 3.92. The van der Waals surface area contributed by atoms with Gasteiger partial charge in [0.25, 0.3) is 5.91 Å². The van der Waals surface area contributed by atoms with Crippen LogP contribution in [0.15, 0.2) is 80.8 Å². The van der Waals surface area contributed by atoms with Crippen molar-refractivity contribution in [2.75, 3.05) is 7.11 Å². The molecule has 0 radical (unpaired) electrons. The number of halogens is 2. The van der Waals surface area contributed by atoms with Gasteiger partial charge in [0, 0.05) is 15.6 Å². The molecule has 3 aromatic rings. The van der Waals surface area contributed by atoms with E-state index >= 15 is 0 Å². The first kappa shape index (κ1) is 21.1. The normalized spacial score (nSPS) is 10.7. The van der Waals surface area contributed by atoms with Crippen LogP contribution in [0.5, 0.6) is 11.5 Å². The van der Waals surface area contributed by atoms with Gasteiger partial charge < -0.3 is 9.47 Å². The molecule has 0 atom stereocenters. The van der Waals surface area contributed by atoms with Crippen LogP contribution < -0.4 is 14.9 Å². The molecule has 0 aliphatic heterocycles. The maximum atomic E-state index is 12.3. The van der Waals surface area contributed by atoms with Crippen molar-refractivity contribution in [1.29, 1.82) is 0 Å². The van der Waals surface area contributed by atoms with Gasteiger partial charge >= 0.3 is 0 Å². The molecule has 29 heavy (non-hydrogen) atoms. The highest BCUT2D eigenvalue weighted by Crippen LogP contribution is 2.32. The monoisotopic (exact) mass is 516 g/mol. The summed E-state index contributed by atoms with van der Waals surface area (Å²) in [5.41, 5.74) is 4.75. The fourth-order valence-electron chi connectivity index (χ4n) is 2.55. The minimum absolute atomic E-state index is 0.332. The van der Waals surface area contributed by atoms with Gasteiger partial charge in [-0.3, -0.25) is 4.79 Å². The minimum Gasteiger partial charge on any atom is -0.497 e. The van der Waals surface area contributed by atoms with Crippen molar-refractivity contribution in [3.8, 4) is 11.5 Å². The number of methoxy groups -OCH3 is 1. The van der Waals surface area contributed by atoms with Gasteiger partial charge in [-0.15, -0.1) is 0 Å². The Kier molecular flexibility index (Phi) is 7.43. The Bertz CT molecular complexity index is 1020. The van der Waals surface area contributed by atoms with Crippen molar-refractivity contribution in [3.63, 3.8) is 0 Å². The number of ether oxygens (including phenoxy) is 2. The van der Waals surface area contributed by atoms with E-state index in [2.05, 4.69) is 42.4 Å². The molecule has 0 unspecified atom stereocenters. The summed E-state index contributed by atoms with van der Waals surface area (Å²) in [7, 11) is 1.55. The first-order valence-electron chi connectivity index (χ1n) is 8.70. The predicted octanol–water partition coefficient (Wildman–Crippen LogP) is 5.56. The second-order valence-electron chi connectivity index (χ2n) is 6.01. The summed E-state index contributed by atoms with van der Waals surface area (Å²) < 4.78 is 12.8. The summed E-state index contributed by atoms with van der Waals surface area (Å²) in [6, 6.07) is 20.5. The summed E-state index contributed by atoms with van der Waals surface area (Å²) in [6.07, 6.45) is 1.55. The summed E-state index contributed by atoms with van der Waals surface area (Å²) >= 11 is 7.00. The van der Waals surface area contributed by atoms with Crippen LogP contribution in [0.1, 0.15) is 21.5 Å². The first-order chi connectivity index (χ1) is 14.1. The zero-order valence-corrected chi connectivity index (χ0v) is 18.7. The number of rotatable bonds is 7. The highest BCUT2D eigenvalue weighted by Gasteiger charge is 2.10. The molecule has 3 rings (SSSR count). The highest BCUT2D eigenvalue weighted by atomic mass is 79.9. The van der Waals surface area contributed by atoms with Crippen molar-refractivity contribution in [1.82, 2.24) is 5.43 Å². The molecule has 0 aliphatic rings. The van der Waals surface area contributed by atoms with Crippen molar-refractivity contribution < 1.29 is 14.3 Å². The van der Waals surface area contributed by atoms with E-state index in [4.69, 9.17) is 9.47 Å². The lowest BCUT2D eigenvalue weighted by Gasteiger charge is -2.12. The number of amides is 1. The third kappa shape index (κ3) is 5.92. The van der Waals surface area contributed by atoms with E-state index in [1.807, 2.05) is 42.5 Å². The van der Waals surface area contributed by atoms with Gasteiger partial charge in [-0.1, -0.05) is 52.3 Å². The van der Waals surface area contributed by atoms with Crippen LogP contribution in [-0.4, -0.2) is 19.2 Å². The molecule has 0 aliphatic carbocycles. The van der Waals surface area contributed by atoms with E-state index in [0.717, 1.165) is 14.5 Å². The largest absolute Gasteiger partial charge is 0.497 e. The Balaban J connectivity index is 1.74. The summed E-state index contributed by atoms with van der Waals surface area (Å²) in [4.78, 5) is 12.3. The Morgan fingerprint density at radius 1 is 1.07 bits per heavy atom. The number of carbonyl (C=O) groups is 1. The predicted molar refractivity (Wildman–Crippen MR) is 121 cm³/mol. The van der Waals surface area contributed by atoms with Gasteiger partial charge in [0.1, 0.15) is 18.1 Å². The van der Waals surface area contributed by atoms with Gasteiger partial charge in [0.2, 0.25) is 0 Å². The van der Waals surface area contributed by atoms with Gasteiger partial charge in [0.05, 0.1) is 17.8 Å². The van der Waals surface area contributed by atoms with Crippen molar-refractivity contribution >= 4 is 44.0 Å². The lowest BCUT2D eigenvalue weighted by atomic mass is 10.2. The number of hydrogen-bond acceptors (Lipinski definition) is 4. The number of nitrogens with one attached hydrogen (secondary N) is 1. The molecule has 0 fully saturated rings. The van der Waals surface area contributed by atoms with E-state index in [-0.39, 0.29) is 5.91 Å². The third-order valence-corrected chi connectivity index (χ3v) is 5.01. The first-order valence-corrected chi connectivity index (χ1v) is 10.3. The Labute approximate surface area is 186 Å². The van der Waals surface area contributed by atoms with Crippen LogP contribution in [-0.2, 0) is 6.61 Å².